The topological polar surface area (TPSA) is 54.5 Å². The molecule has 0 bridgehead atoms. The van der Waals surface area contributed by atoms with Crippen LogP contribution in [-0.2, 0) is 0 Å². The normalized spacial score (nSPS) is 11.7. The number of aromatic amines is 1. The van der Waals surface area contributed by atoms with Crippen molar-refractivity contribution in [3.05, 3.63) is 79.0 Å². The monoisotopic (exact) mass is 346 g/mol. The van der Waals surface area contributed by atoms with Gasteiger partial charge in [0.05, 0.1) is 33.3 Å². The van der Waals surface area contributed by atoms with Crippen molar-refractivity contribution in [2.45, 2.75) is 0 Å². The number of fused-ring (bicyclic) bond motifs is 5. The van der Waals surface area contributed by atoms with Crippen molar-refractivity contribution in [1.82, 2.24) is 19.9 Å². The minimum atomic E-state index is 0.876. The average Bonchev–Trinajstić information content (AvgIpc) is 3.10. The lowest BCUT2D eigenvalue weighted by Gasteiger charge is -2.05. The van der Waals surface area contributed by atoms with Gasteiger partial charge in [-0.15, -0.1) is 0 Å². The third-order valence-corrected chi connectivity index (χ3v) is 5.04. The molecule has 3 aromatic carbocycles. The Morgan fingerprint density at radius 3 is 2.26 bits per heavy atom. The Labute approximate surface area is 154 Å². The van der Waals surface area contributed by atoms with Gasteiger partial charge in [0.15, 0.2) is 0 Å². The molecule has 1 N–H and O–H groups in total. The molecule has 0 aliphatic heterocycles. The van der Waals surface area contributed by atoms with Crippen LogP contribution in [0, 0.1) is 0 Å². The van der Waals surface area contributed by atoms with E-state index in [1.54, 1.807) is 0 Å². The molecule has 3 aromatic heterocycles. The summed E-state index contributed by atoms with van der Waals surface area (Å²) in [6.45, 7) is 0. The fourth-order valence-electron chi connectivity index (χ4n) is 3.76. The average molecular weight is 346 g/mol. The number of pyridine rings is 1. The van der Waals surface area contributed by atoms with Gasteiger partial charge in [-0.05, 0) is 36.4 Å². The zero-order chi connectivity index (χ0) is 17.8. The Morgan fingerprint density at radius 1 is 0.630 bits per heavy atom. The van der Waals surface area contributed by atoms with Crippen LogP contribution >= 0.6 is 0 Å². The van der Waals surface area contributed by atoms with Crippen LogP contribution in [0.5, 0.6) is 0 Å². The van der Waals surface area contributed by atoms with E-state index in [0.717, 1.165) is 44.4 Å². The molecule has 0 saturated heterocycles. The molecule has 6 aromatic rings. The molecule has 0 unspecified atom stereocenters. The molecule has 27 heavy (non-hydrogen) atoms. The van der Waals surface area contributed by atoms with Gasteiger partial charge in [0.25, 0.3) is 0 Å². The minimum absolute atomic E-state index is 0.876. The second kappa shape index (κ2) is 5.35. The van der Waals surface area contributed by atoms with Gasteiger partial charge in [-0.25, -0.2) is 9.97 Å². The van der Waals surface area contributed by atoms with Crippen LogP contribution in [-0.4, -0.2) is 19.9 Å². The highest BCUT2D eigenvalue weighted by molar-refractivity contribution is 6.11. The molecule has 0 aliphatic carbocycles. The minimum Gasteiger partial charge on any atom is -0.353 e. The maximum atomic E-state index is 4.79. The predicted molar refractivity (Wildman–Crippen MR) is 110 cm³/mol. The second-order valence-electron chi connectivity index (χ2n) is 6.67. The largest absolute Gasteiger partial charge is 0.353 e. The lowest BCUT2D eigenvalue weighted by Crippen LogP contribution is -1.90. The summed E-state index contributed by atoms with van der Waals surface area (Å²) in [6.07, 6.45) is 1.87. The first-order valence-corrected chi connectivity index (χ1v) is 8.89. The quantitative estimate of drug-likeness (QED) is 0.401. The molecule has 0 atom stereocenters. The van der Waals surface area contributed by atoms with E-state index >= 15 is 0 Å². The van der Waals surface area contributed by atoms with Crippen LogP contribution in [0.1, 0.15) is 0 Å². The lowest BCUT2D eigenvalue weighted by molar-refractivity contribution is 1.34. The number of aromatic nitrogens is 4. The van der Waals surface area contributed by atoms with Crippen molar-refractivity contribution < 1.29 is 0 Å². The van der Waals surface area contributed by atoms with Crippen molar-refractivity contribution in [1.29, 1.82) is 0 Å². The van der Waals surface area contributed by atoms with Crippen LogP contribution in [0.3, 0.4) is 0 Å². The number of rotatable bonds is 1. The third kappa shape index (κ3) is 2.13. The Morgan fingerprint density at radius 2 is 1.37 bits per heavy atom. The van der Waals surface area contributed by atoms with E-state index < -0.39 is 0 Å². The molecule has 0 saturated carbocycles. The zero-order valence-corrected chi connectivity index (χ0v) is 14.3. The van der Waals surface area contributed by atoms with Crippen LogP contribution in [0.2, 0.25) is 0 Å². The summed E-state index contributed by atoms with van der Waals surface area (Å²) < 4.78 is 0. The van der Waals surface area contributed by atoms with E-state index in [1.165, 1.54) is 10.8 Å². The fraction of sp³-hybridized carbons (Fsp3) is 0. The Hall–Kier alpha value is -3.79. The van der Waals surface area contributed by atoms with E-state index in [9.17, 15) is 0 Å². The molecule has 126 valence electrons. The standard InChI is InChI=1S/C23H14N4/c1-2-6-17-15(5-1)16-11-12-24-22(23(16)27-17)14-9-10-20-21(13-14)26-19-8-4-3-7-18(19)25-20/h1-13,27H. The Balaban J connectivity index is 1.63. The molecular weight excluding hydrogens is 332 g/mol. The number of nitrogens with one attached hydrogen (secondary N) is 1. The Bertz CT molecular complexity index is 1480. The first-order valence-electron chi connectivity index (χ1n) is 8.89. The SMILES string of the molecule is c1ccc2nc3cc(-c4nccc5c4[nH]c4ccccc45)ccc3nc2c1. The van der Waals surface area contributed by atoms with Crippen molar-refractivity contribution in [2.24, 2.45) is 0 Å². The molecule has 0 aliphatic rings. The molecule has 0 radical (unpaired) electrons. The molecule has 4 nitrogen and oxygen atoms in total. The summed E-state index contributed by atoms with van der Waals surface area (Å²) in [4.78, 5) is 17.7. The number of para-hydroxylation sites is 3. The highest BCUT2D eigenvalue weighted by Crippen LogP contribution is 2.32. The predicted octanol–water partition coefficient (Wildman–Crippen LogP) is 5.48. The summed E-state index contributed by atoms with van der Waals surface area (Å²) in [5.74, 6) is 0. The zero-order valence-electron chi connectivity index (χ0n) is 14.3. The molecule has 0 fully saturated rings. The van der Waals surface area contributed by atoms with Gasteiger partial charge in [-0.2, -0.15) is 0 Å². The first-order chi connectivity index (χ1) is 13.4. The maximum Gasteiger partial charge on any atom is 0.0943 e. The van der Waals surface area contributed by atoms with E-state index in [4.69, 9.17) is 9.97 Å². The van der Waals surface area contributed by atoms with Crippen molar-refractivity contribution in [3.8, 4) is 11.3 Å². The van der Waals surface area contributed by atoms with Gasteiger partial charge in [-0.3, -0.25) is 4.98 Å². The number of nitrogens with zero attached hydrogens (tertiary/aromatic N) is 3. The van der Waals surface area contributed by atoms with Gasteiger partial charge < -0.3 is 4.98 Å². The van der Waals surface area contributed by atoms with E-state index in [-0.39, 0.29) is 0 Å². The molecular formula is C23H14N4. The third-order valence-electron chi connectivity index (χ3n) is 5.04. The van der Waals surface area contributed by atoms with Gasteiger partial charge >= 0.3 is 0 Å². The molecule has 3 heterocycles. The first kappa shape index (κ1) is 14.4. The summed E-state index contributed by atoms with van der Waals surface area (Å²) in [6, 6.07) is 24.5. The number of benzene rings is 3. The lowest BCUT2D eigenvalue weighted by atomic mass is 10.1. The fourth-order valence-corrected chi connectivity index (χ4v) is 3.76. The van der Waals surface area contributed by atoms with Crippen LogP contribution < -0.4 is 0 Å². The summed E-state index contributed by atoms with van der Waals surface area (Å²) in [5, 5.41) is 2.39. The second-order valence-corrected chi connectivity index (χ2v) is 6.67. The number of H-pyrrole nitrogens is 1. The van der Waals surface area contributed by atoms with E-state index in [0.29, 0.717) is 0 Å². The smallest absolute Gasteiger partial charge is 0.0943 e. The molecule has 0 amide bonds. The summed E-state index contributed by atoms with van der Waals surface area (Å²) in [7, 11) is 0. The highest BCUT2D eigenvalue weighted by Gasteiger charge is 2.12. The van der Waals surface area contributed by atoms with Gasteiger partial charge in [0.1, 0.15) is 0 Å². The van der Waals surface area contributed by atoms with Crippen LogP contribution in [0.4, 0.5) is 0 Å². The van der Waals surface area contributed by atoms with Gasteiger partial charge in [0, 0.05) is 28.0 Å². The van der Waals surface area contributed by atoms with Gasteiger partial charge in [-0.1, -0.05) is 36.4 Å². The maximum absolute atomic E-state index is 4.79. The molecule has 6 rings (SSSR count). The van der Waals surface area contributed by atoms with Gasteiger partial charge in [0.2, 0.25) is 0 Å². The highest BCUT2D eigenvalue weighted by atomic mass is 14.8. The number of hydrogen-bond acceptors (Lipinski definition) is 3. The van der Waals surface area contributed by atoms with Crippen molar-refractivity contribution in [3.63, 3.8) is 0 Å². The Kier molecular flexibility index (Phi) is 2.85. The van der Waals surface area contributed by atoms with E-state index in [2.05, 4.69) is 46.4 Å². The van der Waals surface area contributed by atoms with E-state index in [1.807, 2.05) is 42.6 Å². The van der Waals surface area contributed by atoms with Crippen molar-refractivity contribution in [2.75, 3.05) is 0 Å². The molecule has 0 spiro atoms. The van der Waals surface area contributed by atoms with Crippen molar-refractivity contribution >= 4 is 43.9 Å². The summed E-state index contributed by atoms with van der Waals surface area (Å²) >= 11 is 0. The van der Waals surface area contributed by atoms with Crippen LogP contribution in [0.25, 0.3) is 55.1 Å². The summed E-state index contributed by atoms with van der Waals surface area (Å²) in [5.41, 5.74) is 7.71. The van der Waals surface area contributed by atoms with Crippen LogP contribution in [0.15, 0.2) is 79.0 Å². The number of hydrogen-bond donors (Lipinski definition) is 1. The molecule has 4 heteroatoms.